The van der Waals surface area contributed by atoms with Crippen LogP contribution in [0, 0.1) is 0 Å². The third-order valence-electron chi connectivity index (χ3n) is 3.18. The highest BCUT2D eigenvalue weighted by atomic mass is 79.9. The van der Waals surface area contributed by atoms with Crippen LogP contribution in [-0.4, -0.2) is 18.1 Å². The summed E-state index contributed by atoms with van der Waals surface area (Å²) in [7, 11) is 0. The van der Waals surface area contributed by atoms with Gasteiger partial charge in [-0.1, -0.05) is 6.07 Å². The lowest BCUT2D eigenvalue weighted by Crippen LogP contribution is -2.34. The Morgan fingerprint density at radius 2 is 2.17 bits per heavy atom. The number of nitrogens with two attached hydrogens (primary N) is 2. The molecule has 2 atom stereocenters. The molecule has 1 saturated carbocycles. The van der Waals surface area contributed by atoms with E-state index in [9.17, 15) is 4.79 Å². The topological polar surface area (TPSA) is 78.3 Å². The van der Waals surface area contributed by atoms with Crippen LogP contribution in [0.4, 0.5) is 0 Å². The Morgan fingerprint density at radius 3 is 2.83 bits per heavy atom. The van der Waals surface area contributed by atoms with Crippen molar-refractivity contribution in [3.63, 3.8) is 0 Å². The van der Waals surface area contributed by atoms with E-state index in [1.807, 2.05) is 6.07 Å². The zero-order valence-electron chi connectivity index (χ0n) is 10.1. The van der Waals surface area contributed by atoms with E-state index >= 15 is 0 Å². The van der Waals surface area contributed by atoms with E-state index in [-0.39, 0.29) is 12.1 Å². The first kappa shape index (κ1) is 13.4. The average molecular weight is 313 g/mol. The smallest absolute Gasteiger partial charge is 0.253 e. The molecule has 4 N–H and O–H groups in total. The number of ether oxygens (including phenoxy) is 1. The highest BCUT2D eigenvalue weighted by Crippen LogP contribution is 2.29. The first-order chi connectivity index (χ1) is 8.58. The molecule has 1 fully saturated rings. The zero-order valence-corrected chi connectivity index (χ0v) is 11.7. The van der Waals surface area contributed by atoms with Crippen LogP contribution in [0.15, 0.2) is 22.7 Å². The van der Waals surface area contributed by atoms with Crippen molar-refractivity contribution < 1.29 is 9.53 Å². The molecule has 2 rings (SSSR count). The van der Waals surface area contributed by atoms with Gasteiger partial charge in [0.1, 0.15) is 11.9 Å². The number of hydrogen-bond acceptors (Lipinski definition) is 3. The molecule has 18 heavy (non-hydrogen) atoms. The molecule has 98 valence electrons. The zero-order chi connectivity index (χ0) is 13.1. The molecule has 1 aliphatic carbocycles. The second-order valence-corrected chi connectivity index (χ2v) is 5.50. The van der Waals surface area contributed by atoms with Crippen molar-refractivity contribution in [3.8, 4) is 5.75 Å². The molecule has 1 aromatic rings. The Bertz CT molecular complexity index is 451. The Kier molecular flexibility index (Phi) is 4.24. The fraction of sp³-hybridized carbons (Fsp3) is 0.462. The van der Waals surface area contributed by atoms with Crippen LogP contribution in [0.2, 0.25) is 0 Å². The van der Waals surface area contributed by atoms with Crippen molar-refractivity contribution >= 4 is 21.8 Å². The number of carbonyl (C=O) groups excluding carboxylic acids is 1. The van der Waals surface area contributed by atoms with Crippen LogP contribution in [0.25, 0.3) is 0 Å². The summed E-state index contributed by atoms with van der Waals surface area (Å²) in [6.45, 7) is 0. The molecule has 1 aliphatic rings. The van der Waals surface area contributed by atoms with E-state index in [0.717, 1.165) is 25.7 Å². The maximum absolute atomic E-state index is 11.4. The van der Waals surface area contributed by atoms with E-state index in [2.05, 4.69) is 15.9 Å². The average Bonchev–Trinajstić information content (AvgIpc) is 2.28. The normalized spacial score (nSPS) is 23.7. The second-order valence-electron chi connectivity index (χ2n) is 4.64. The van der Waals surface area contributed by atoms with Crippen LogP contribution >= 0.6 is 15.9 Å². The number of benzene rings is 1. The van der Waals surface area contributed by atoms with E-state index < -0.39 is 5.91 Å². The number of amides is 1. The number of hydrogen-bond donors (Lipinski definition) is 2. The van der Waals surface area contributed by atoms with Gasteiger partial charge in [-0.05, 0) is 53.7 Å². The molecule has 0 bridgehead atoms. The molecule has 0 radical (unpaired) electrons. The predicted molar refractivity (Wildman–Crippen MR) is 73.5 cm³/mol. The molecule has 0 saturated heterocycles. The minimum Gasteiger partial charge on any atom is -0.489 e. The second kappa shape index (κ2) is 5.71. The van der Waals surface area contributed by atoms with Crippen LogP contribution in [0.5, 0.6) is 5.75 Å². The Hall–Kier alpha value is -1.07. The number of rotatable bonds is 3. The fourth-order valence-electron chi connectivity index (χ4n) is 2.31. The largest absolute Gasteiger partial charge is 0.489 e. The third kappa shape index (κ3) is 3.03. The van der Waals surface area contributed by atoms with Crippen molar-refractivity contribution in [2.75, 3.05) is 0 Å². The standard InChI is InChI=1S/C13H17BrN2O2/c14-10-5-2-6-11(12(10)13(16)17)18-9-4-1-3-8(15)7-9/h2,5-6,8-9H,1,3-4,7,15H2,(H2,16,17). The molecule has 1 amide bonds. The maximum atomic E-state index is 11.4. The number of halogens is 1. The fourth-order valence-corrected chi connectivity index (χ4v) is 2.85. The first-order valence-corrected chi connectivity index (χ1v) is 6.87. The van der Waals surface area contributed by atoms with Crippen LogP contribution < -0.4 is 16.2 Å². The third-order valence-corrected chi connectivity index (χ3v) is 3.84. The molecule has 0 aliphatic heterocycles. The van der Waals surface area contributed by atoms with E-state index in [0.29, 0.717) is 15.8 Å². The molecule has 4 nitrogen and oxygen atoms in total. The van der Waals surface area contributed by atoms with Gasteiger partial charge in [-0.25, -0.2) is 0 Å². The van der Waals surface area contributed by atoms with Gasteiger partial charge in [0.15, 0.2) is 0 Å². The summed E-state index contributed by atoms with van der Waals surface area (Å²) in [5.41, 5.74) is 11.7. The summed E-state index contributed by atoms with van der Waals surface area (Å²) in [6.07, 6.45) is 3.97. The molecule has 2 unspecified atom stereocenters. The summed E-state index contributed by atoms with van der Waals surface area (Å²) in [5, 5.41) is 0. The lowest BCUT2D eigenvalue weighted by molar-refractivity contribution is 0.0985. The van der Waals surface area contributed by atoms with E-state index in [1.165, 1.54) is 0 Å². The highest BCUT2D eigenvalue weighted by Gasteiger charge is 2.23. The maximum Gasteiger partial charge on any atom is 0.253 e. The van der Waals surface area contributed by atoms with Crippen molar-refractivity contribution in [1.29, 1.82) is 0 Å². The van der Waals surface area contributed by atoms with Crippen molar-refractivity contribution in [3.05, 3.63) is 28.2 Å². The predicted octanol–water partition coefficient (Wildman–Crippen LogP) is 2.20. The van der Waals surface area contributed by atoms with Crippen molar-refractivity contribution in [2.24, 2.45) is 11.5 Å². The van der Waals surface area contributed by atoms with Crippen molar-refractivity contribution in [2.45, 2.75) is 37.8 Å². The molecule has 5 heteroatoms. The molecular formula is C13H17BrN2O2. The van der Waals surface area contributed by atoms with Crippen LogP contribution in [0.1, 0.15) is 36.0 Å². The van der Waals surface area contributed by atoms with E-state index in [4.69, 9.17) is 16.2 Å². The Morgan fingerprint density at radius 1 is 1.39 bits per heavy atom. The first-order valence-electron chi connectivity index (χ1n) is 6.08. The molecule has 0 aromatic heterocycles. The molecular weight excluding hydrogens is 296 g/mol. The van der Waals surface area contributed by atoms with Gasteiger partial charge in [-0.3, -0.25) is 4.79 Å². The van der Waals surface area contributed by atoms with Gasteiger partial charge in [-0.2, -0.15) is 0 Å². The lowest BCUT2D eigenvalue weighted by atomic mass is 9.93. The Labute approximate surface area is 115 Å². The quantitative estimate of drug-likeness (QED) is 0.898. The van der Waals surface area contributed by atoms with E-state index in [1.54, 1.807) is 12.1 Å². The summed E-state index contributed by atoms with van der Waals surface area (Å²) < 4.78 is 6.55. The molecule has 0 heterocycles. The number of carbonyl (C=O) groups is 1. The van der Waals surface area contributed by atoms with Gasteiger partial charge >= 0.3 is 0 Å². The molecule has 1 aromatic carbocycles. The SMILES string of the molecule is NC(=O)c1c(Br)cccc1OC1CCCC(N)C1. The van der Waals surface area contributed by atoms with Gasteiger partial charge in [-0.15, -0.1) is 0 Å². The Balaban J connectivity index is 2.18. The van der Waals surface area contributed by atoms with Gasteiger partial charge in [0.05, 0.1) is 5.56 Å². The van der Waals surface area contributed by atoms with Gasteiger partial charge in [0.2, 0.25) is 0 Å². The summed E-state index contributed by atoms with van der Waals surface area (Å²) in [4.78, 5) is 11.4. The van der Waals surface area contributed by atoms with Crippen LogP contribution in [-0.2, 0) is 0 Å². The van der Waals surface area contributed by atoms with Gasteiger partial charge in [0.25, 0.3) is 5.91 Å². The van der Waals surface area contributed by atoms with Gasteiger partial charge < -0.3 is 16.2 Å². The molecule has 0 spiro atoms. The minimum atomic E-state index is -0.488. The van der Waals surface area contributed by atoms with Crippen molar-refractivity contribution in [1.82, 2.24) is 0 Å². The lowest BCUT2D eigenvalue weighted by Gasteiger charge is -2.28. The summed E-state index contributed by atoms with van der Waals surface area (Å²) >= 11 is 3.32. The summed E-state index contributed by atoms with van der Waals surface area (Å²) in [6, 6.07) is 5.56. The highest BCUT2D eigenvalue weighted by molar-refractivity contribution is 9.10. The van der Waals surface area contributed by atoms with Gasteiger partial charge in [0, 0.05) is 10.5 Å². The summed E-state index contributed by atoms with van der Waals surface area (Å²) in [5.74, 6) is 0.0496. The van der Waals surface area contributed by atoms with Crippen LogP contribution in [0.3, 0.4) is 0 Å². The minimum absolute atomic E-state index is 0.0705. The number of primary amides is 1. The monoisotopic (exact) mass is 312 g/mol.